The number of rotatable bonds is 6. The molecule has 0 spiro atoms. The summed E-state index contributed by atoms with van der Waals surface area (Å²) in [5.41, 5.74) is 1.10. The van der Waals surface area contributed by atoms with E-state index in [-0.39, 0.29) is 11.7 Å². The van der Waals surface area contributed by atoms with E-state index in [0.29, 0.717) is 44.2 Å². The molecule has 1 amide bonds. The van der Waals surface area contributed by atoms with Gasteiger partial charge < -0.3 is 5.32 Å². The molecule has 0 unspecified atom stereocenters. The summed E-state index contributed by atoms with van der Waals surface area (Å²) >= 11 is 19.7. The van der Waals surface area contributed by atoms with Gasteiger partial charge in [-0.3, -0.25) is 14.5 Å². The Labute approximate surface area is 206 Å². The van der Waals surface area contributed by atoms with E-state index in [1.165, 1.54) is 11.3 Å². The first kappa shape index (κ1) is 23.3. The van der Waals surface area contributed by atoms with Crippen LogP contribution in [0.5, 0.6) is 0 Å². The number of nitrogens with zero attached hydrogens (tertiary/aromatic N) is 1. The highest BCUT2D eigenvalue weighted by Crippen LogP contribution is 2.34. The monoisotopic (exact) mass is 506 g/mol. The second kappa shape index (κ2) is 9.54. The number of ketones is 1. The van der Waals surface area contributed by atoms with Gasteiger partial charge >= 0.3 is 0 Å². The van der Waals surface area contributed by atoms with Crippen LogP contribution in [0.3, 0.4) is 0 Å². The van der Waals surface area contributed by atoms with Crippen LogP contribution in [0.1, 0.15) is 40.6 Å². The molecule has 32 heavy (non-hydrogen) atoms. The number of likely N-dealkylation sites (tertiary alicyclic amines) is 1. The van der Waals surface area contributed by atoms with Crippen molar-refractivity contribution in [2.24, 2.45) is 0 Å². The number of hydrogen-bond acceptors (Lipinski definition) is 4. The van der Waals surface area contributed by atoms with Crippen LogP contribution in [-0.4, -0.2) is 28.7 Å². The second-order valence-corrected chi connectivity index (χ2v) is 10.2. The molecule has 0 bridgehead atoms. The summed E-state index contributed by atoms with van der Waals surface area (Å²) in [5.74, 6) is -0.320. The van der Waals surface area contributed by atoms with Gasteiger partial charge in [0.15, 0.2) is 0 Å². The lowest BCUT2D eigenvalue weighted by Gasteiger charge is -2.34. The Balaban J connectivity index is 1.57. The third kappa shape index (κ3) is 4.73. The third-order valence-electron chi connectivity index (χ3n) is 5.86. The fourth-order valence-corrected chi connectivity index (χ4v) is 5.17. The molecule has 8 heteroatoms. The van der Waals surface area contributed by atoms with Gasteiger partial charge in [-0.1, -0.05) is 46.9 Å². The number of carbonyl (C=O) groups excluding carboxylic acids is 2. The standard InChI is InChI=1S/C24H21Cl3N2O2S/c1-24(9-3-10-29(24)14-15-5-7-18(26)19(27)12-15)23(31)28-20-8-6-16(25)13-17(20)22(30)21-4-2-11-32-21/h2,4-8,11-13H,3,9-10,14H2,1H3,(H,28,31)/t24-/m1/s1. The molecule has 1 N–H and O–H groups in total. The SMILES string of the molecule is C[C@]1(C(=O)Nc2ccc(Cl)cc2C(=O)c2cccs2)CCCN1Cc1ccc(Cl)c(Cl)c1. The fourth-order valence-electron chi connectivity index (χ4n) is 4.00. The zero-order valence-corrected chi connectivity index (χ0v) is 20.4. The Kier molecular flexibility index (Phi) is 6.94. The lowest BCUT2D eigenvalue weighted by Crippen LogP contribution is -2.50. The van der Waals surface area contributed by atoms with Gasteiger partial charge in [-0.15, -0.1) is 11.3 Å². The summed E-state index contributed by atoms with van der Waals surface area (Å²) in [5, 5.41) is 6.28. The van der Waals surface area contributed by atoms with E-state index in [2.05, 4.69) is 10.2 Å². The van der Waals surface area contributed by atoms with Crippen molar-refractivity contribution in [3.8, 4) is 0 Å². The summed E-state index contributed by atoms with van der Waals surface area (Å²) in [4.78, 5) is 29.2. The molecule has 1 aromatic heterocycles. The Morgan fingerprint density at radius 2 is 1.91 bits per heavy atom. The average Bonchev–Trinajstić information content (AvgIpc) is 3.43. The van der Waals surface area contributed by atoms with Crippen molar-refractivity contribution in [3.05, 3.63) is 85.0 Å². The molecule has 3 aromatic rings. The van der Waals surface area contributed by atoms with Gasteiger partial charge in [0.05, 0.1) is 26.1 Å². The first-order valence-electron chi connectivity index (χ1n) is 10.2. The van der Waals surface area contributed by atoms with Gasteiger partial charge in [-0.25, -0.2) is 0 Å². The Morgan fingerprint density at radius 3 is 2.62 bits per heavy atom. The van der Waals surface area contributed by atoms with Crippen LogP contribution in [0.15, 0.2) is 53.9 Å². The highest BCUT2D eigenvalue weighted by atomic mass is 35.5. The minimum atomic E-state index is -0.727. The maximum Gasteiger partial charge on any atom is 0.244 e. The molecule has 2 heterocycles. The molecule has 2 aromatic carbocycles. The van der Waals surface area contributed by atoms with E-state index < -0.39 is 5.54 Å². The zero-order chi connectivity index (χ0) is 22.9. The predicted molar refractivity (Wildman–Crippen MR) is 132 cm³/mol. The van der Waals surface area contributed by atoms with Crippen molar-refractivity contribution in [1.29, 1.82) is 0 Å². The number of hydrogen-bond donors (Lipinski definition) is 1. The van der Waals surface area contributed by atoms with Crippen molar-refractivity contribution in [2.45, 2.75) is 31.8 Å². The summed E-state index contributed by atoms with van der Waals surface area (Å²) in [6.07, 6.45) is 1.61. The highest BCUT2D eigenvalue weighted by molar-refractivity contribution is 7.12. The molecule has 1 aliphatic rings. The van der Waals surface area contributed by atoms with Gasteiger partial charge in [0.2, 0.25) is 11.7 Å². The molecule has 1 atom stereocenters. The fraction of sp³-hybridized carbons (Fsp3) is 0.250. The third-order valence-corrected chi connectivity index (χ3v) is 7.70. The molecule has 1 saturated heterocycles. The Bertz CT molecular complexity index is 1170. The van der Waals surface area contributed by atoms with Gasteiger partial charge in [0.1, 0.15) is 0 Å². The minimum Gasteiger partial charge on any atom is -0.324 e. The summed E-state index contributed by atoms with van der Waals surface area (Å²) < 4.78 is 0. The number of carbonyl (C=O) groups is 2. The Morgan fingerprint density at radius 1 is 1.09 bits per heavy atom. The van der Waals surface area contributed by atoms with E-state index in [4.69, 9.17) is 34.8 Å². The van der Waals surface area contributed by atoms with Crippen LogP contribution in [0, 0.1) is 0 Å². The smallest absolute Gasteiger partial charge is 0.244 e. The molecule has 0 aliphatic carbocycles. The normalized spacial score (nSPS) is 18.6. The number of halogens is 3. The molecule has 166 valence electrons. The van der Waals surface area contributed by atoms with Crippen molar-refractivity contribution in [2.75, 3.05) is 11.9 Å². The van der Waals surface area contributed by atoms with E-state index in [1.54, 1.807) is 30.3 Å². The first-order valence-corrected chi connectivity index (χ1v) is 12.2. The molecule has 4 rings (SSSR count). The lowest BCUT2D eigenvalue weighted by atomic mass is 9.96. The maximum atomic E-state index is 13.5. The second-order valence-electron chi connectivity index (χ2n) is 8.00. The minimum absolute atomic E-state index is 0.155. The van der Waals surface area contributed by atoms with Crippen molar-refractivity contribution in [1.82, 2.24) is 4.90 Å². The van der Waals surface area contributed by atoms with Crippen LogP contribution in [0.25, 0.3) is 0 Å². The van der Waals surface area contributed by atoms with E-state index in [1.807, 2.05) is 30.5 Å². The topological polar surface area (TPSA) is 49.4 Å². The molecule has 0 radical (unpaired) electrons. The molecule has 1 aliphatic heterocycles. The largest absolute Gasteiger partial charge is 0.324 e. The van der Waals surface area contributed by atoms with Gasteiger partial charge in [0, 0.05) is 17.1 Å². The van der Waals surface area contributed by atoms with E-state index in [9.17, 15) is 9.59 Å². The van der Waals surface area contributed by atoms with Crippen LogP contribution < -0.4 is 5.32 Å². The van der Waals surface area contributed by atoms with Gasteiger partial charge in [0.25, 0.3) is 0 Å². The zero-order valence-electron chi connectivity index (χ0n) is 17.3. The molecular weight excluding hydrogens is 487 g/mol. The van der Waals surface area contributed by atoms with Crippen LogP contribution in [0.4, 0.5) is 5.69 Å². The first-order chi connectivity index (χ1) is 15.3. The van der Waals surface area contributed by atoms with Crippen LogP contribution >= 0.6 is 46.1 Å². The maximum absolute atomic E-state index is 13.5. The highest BCUT2D eigenvalue weighted by Gasteiger charge is 2.43. The van der Waals surface area contributed by atoms with Crippen LogP contribution in [-0.2, 0) is 11.3 Å². The summed E-state index contributed by atoms with van der Waals surface area (Å²) in [6.45, 7) is 3.29. The molecule has 0 saturated carbocycles. The van der Waals surface area contributed by atoms with Crippen molar-refractivity contribution in [3.63, 3.8) is 0 Å². The summed E-state index contributed by atoms with van der Waals surface area (Å²) in [6, 6.07) is 14.1. The molecule has 1 fully saturated rings. The average molecular weight is 508 g/mol. The Hall–Kier alpha value is -1.89. The predicted octanol–water partition coefficient (Wildman–Crippen LogP) is 6.93. The quantitative estimate of drug-likeness (QED) is 0.368. The van der Waals surface area contributed by atoms with Crippen LogP contribution in [0.2, 0.25) is 15.1 Å². The number of benzene rings is 2. The lowest BCUT2D eigenvalue weighted by molar-refractivity contribution is -0.125. The van der Waals surface area contributed by atoms with E-state index in [0.717, 1.165) is 18.5 Å². The number of amides is 1. The number of anilines is 1. The number of nitrogens with one attached hydrogen (secondary N) is 1. The van der Waals surface area contributed by atoms with Crippen molar-refractivity contribution >= 4 is 63.5 Å². The van der Waals surface area contributed by atoms with Crippen molar-refractivity contribution < 1.29 is 9.59 Å². The van der Waals surface area contributed by atoms with E-state index >= 15 is 0 Å². The molecular formula is C24H21Cl3N2O2S. The summed E-state index contributed by atoms with van der Waals surface area (Å²) in [7, 11) is 0. The number of thiophene rings is 1. The van der Waals surface area contributed by atoms with Gasteiger partial charge in [-0.05, 0) is 73.7 Å². The molecule has 4 nitrogen and oxygen atoms in total. The van der Waals surface area contributed by atoms with Gasteiger partial charge in [-0.2, -0.15) is 0 Å².